The maximum atomic E-state index is 12.7. The van der Waals surface area contributed by atoms with Crippen LogP contribution in [0.4, 0.5) is 5.69 Å². The van der Waals surface area contributed by atoms with Gasteiger partial charge in [0.15, 0.2) is 0 Å². The smallest absolute Gasteiger partial charge is 0.323 e. The number of aryl methyl sites for hydroxylation is 2. The van der Waals surface area contributed by atoms with Crippen molar-refractivity contribution >= 4 is 38.4 Å². The van der Waals surface area contributed by atoms with Crippen molar-refractivity contribution in [2.24, 2.45) is 0 Å². The molecule has 1 N–H and O–H groups in total. The first-order chi connectivity index (χ1) is 12.4. The van der Waals surface area contributed by atoms with E-state index in [1.165, 1.54) is 4.57 Å². The Bertz CT molecular complexity index is 1120. The number of halogens is 1. The molecule has 0 unspecified atom stereocenters. The summed E-state index contributed by atoms with van der Waals surface area (Å²) in [7, 11) is 0. The maximum absolute atomic E-state index is 12.7. The third-order valence-electron chi connectivity index (χ3n) is 4.15. The molecule has 0 radical (unpaired) electrons. The van der Waals surface area contributed by atoms with Crippen LogP contribution in [0.1, 0.15) is 12.5 Å². The zero-order chi connectivity index (χ0) is 18.8. The SMILES string of the molecule is CCn1c(=O)n(CC(=O)Nc2ccc(C)cc2Br)c(=O)c2ccccc21. The van der Waals surface area contributed by atoms with Crippen LogP contribution in [0.15, 0.2) is 56.5 Å². The van der Waals surface area contributed by atoms with Gasteiger partial charge in [0.05, 0.1) is 16.6 Å². The first kappa shape index (κ1) is 18.1. The predicted molar refractivity (Wildman–Crippen MR) is 106 cm³/mol. The average molecular weight is 416 g/mol. The summed E-state index contributed by atoms with van der Waals surface area (Å²) >= 11 is 3.40. The number of nitrogens with one attached hydrogen (secondary N) is 1. The summed E-state index contributed by atoms with van der Waals surface area (Å²) in [6.45, 7) is 3.83. The molecule has 0 saturated carbocycles. The van der Waals surface area contributed by atoms with Crippen molar-refractivity contribution < 1.29 is 4.79 Å². The van der Waals surface area contributed by atoms with Gasteiger partial charge in [-0.05, 0) is 59.6 Å². The van der Waals surface area contributed by atoms with Crippen LogP contribution in [0.5, 0.6) is 0 Å². The maximum Gasteiger partial charge on any atom is 0.331 e. The summed E-state index contributed by atoms with van der Waals surface area (Å²) in [6, 6.07) is 12.4. The minimum absolute atomic E-state index is 0.344. The molecule has 6 nitrogen and oxygen atoms in total. The molecule has 0 atom stereocenters. The van der Waals surface area contributed by atoms with Gasteiger partial charge in [-0.1, -0.05) is 18.2 Å². The highest BCUT2D eigenvalue weighted by Gasteiger charge is 2.15. The molecule has 1 aromatic heterocycles. The molecule has 0 aliphatic carbocycles. The van der Waals surface area contributed by atoms with Gasteiger partial charge in [0.25, 0.3) is 5.56 Å². The molecule has 0 aliphatic rings. The summed E-state index contributed by atoms with van der Waals surface area (Å²) in [4.78, 5) is 37.8. The van der Waals surface area contributed by atoms with Gasteiger partial charge in [0, 0.05) is 11.0 Å². The number of benzene rings is 2. The van der Waals surface area contributed by atoms with E-state index < -0.39 is 17.2 Å². The van der Waals surface area contributed by atoms with Gasteiger partial charge in [0.2, 0.25) is 5.91 Å². The molecule has 1 heterocycles. The van der Waals surface area contributed by atoms with Crippen molar-refractivity contribution in [1.82, 2.24) is 9.13 Å². The molecule has 2 aromatic carbocycles. The second kappa shape index (κ2) is 7.29. The van der Waals surface area contributed by atoms with E-state index in [9.17, 15) is 14.4 Å². The Kier molecular flexibility index (Phi) is 5.08. The van der Waals surface area contributed by atoms with E-state index in [1.54, 1.807) is 30.3 Å². The number of carbonyl (C=O) groups is 1. The lowest BCUT2D eigenvalue weighted by molar-refractivity contribution is -0.116. The van der Waals surface area contributed by atoms with Crippen LogP contribution in [0, 0.1) is 6.92 Å². The fourth-order valence-electron chi connectivity index (χ4n) is 2.87. The minimum atomic E-state index is -0.491. The number of hydrogen-bond donors (Lipinski definition) is 1. The Morgan fingerprint density at radius 1 is 1.12 bits per heavy atom. The Hall–Kier alpha value is -2.67. The number of anilines is 1. The lowest BCUT2D eigenvalue weighted by atomic mass is 10.2. The molecular formula is C19H18BrN3O3. The van der Waals surface area contributed by atoms with Crippen molar-refractivity contribution in [1.29, 1.82) is 0 Å². The molecule has 0 saturated heterocycles. The van der Waals surface area contributed by atoms with Gasteiger partial charge in [0.1, 0.15) is 6.54 Å². The molecule has 3 aromatic rings. The topological polar surface area (TPSA) is 73.1 Å². The Morgan fingerprint density at radius 3 is 2.54 bits per heavy atom. The van der Waals surface area contributed by atoms with Crippen molar-refractivity contribution in [3.63, 3.8) is 0 Å². The first-order valence-electron chi connectivity index (χ1n) is 8.20. The van der Waals surface area contributed by atoms with E-state index >= 15 is 0 Å². The number of nitrogens with zero attached hydrogens (tertiary/aromatic N) is 2. The summed E-state index contributed by atoms with van der Waals surface area (Å²) in [5.41, 5.74) is 1.25. The van der Waals surface area contributed by atoms with Gasteiger partial charge < -0.3 is 5.32 Å². The number of fused-ring (bicyclic) bond motifs is 1. The Balaban J connectivity index is 1.99. The third kappa shape index (κ3) is 3.35. The molecule has 26 heavy (non-hydrogen) atoms. The van der Waals surface area contributed by atoms with E-state index in [-0.39, 0.29) is 6.54 Å². The van der Waals surface area contributed by atoms with E-state index in [0.717, 1.165) is 14.6 Å². The fraction of sp³-hybridized carbons (Fsp3) is 0.211. The van der Waals surface area contributed by atoms with Crippen LogP contribution >= 0.6 is 15.9 Å². The van der Waals surface area contributed by atoms with Gasteiger partial charge in [-0.25, -0.2) is 4.79 Å². The number of hydrogen-bond acceptors (Lipinski definition) is 3. The fourth-order valence-corrected chi connectivity index (χ4v) is 3.46. The number of aromatic nitrogens is 2. The van der Waals surface area contributed by atoms with Crippen molar-refractivity contribution in [2.45, 2.75) is 26.9 Å². The number of para-hydroxylation sites is 1. The van der Waals surface area contributed by atoms with Crippen LogP contribution in [-0.4, -0.2) is 15.0 Å². The molecule has 7 heteroatoms. The zero-order valence-electron chi connectivity index (χ0n) is 14.5. The van der Waals surface area contributed by atoms with E-state index in [0.29, 0.717) is 23.1 Å². The Morgan fingerprint density at radius 2 is 1.85 bits per heavy atom. The van der Waals surface area contributed by atoms with E-state index in [1.807, 2.05) is 26.0 Å². The lowest BCUT2D eigenvalue weighted by Gasteiger charge is -2.13. The molecule has 0 spiro atoms. The molecule has 3 rings (SSSR count). The average Bonchev–Trinajstić information content (AvgIpc) is 2.61. The van der Waals surface area contributed by atoms with Crippen LogP contribution < -0.4 is 16.6 Å². The van der Waals surface area contributed by atoms with Gasteiger partial charge in [-0.3, -0.25) is 18.7 Å². The van der Waals surface area contributed by atoms with E-state index in [2.05, 4.69) is 21.2 Å². The number of amides is 1. The molecule has 0 bridgehead atoms. The molecule has 0 fully saturated rings. The summed E-state index contributed by atoms with van der Waals surface area (Å²) in [5, 5.41) is 3.15. The van der Waals surface area contributed by atoms with Gasteiger partial charge in [-0.2, -0.15) is 0 Å². The normalized spacial score (nSPS) is 10.9. The first-order valence-corrected chi connectivity index (χ1v) is 9.00. The predicted octanol–water partition coefficient (Wildman–Crippen LogP) is 2.89. The zero-order valence-corrected chi connectivity index (χ0v) is 16.0. The van der Waals surface area contributed by atoms with Crippen molar-refractivity contribution in [3.05, 3.63) is 73.3 Å². The van der Waals surface area contributed by atoms with Crippen LogP contribution in [-0.2, 0) is 17.9 Å². The molecule has 134 valence electrons. The highest BCUT2D eigenvalue weighted by Crippen LogP contribution is 2.23. The molecule has 0 aliphatic heterocycles. The van der Waals surface area contributed by atoms with Crippen molar-refractivity contribution in [2.75, 3.05) is 5.32 Å². The Labute approximate surface area is 158 Å². The summed E-state index contributed by atoms with van der Waals surface area (Å²) < 4.78 is 3.21. The van der Waals surface area contributed by atoms with E-state index in [4.69, 9.17) is 0 Å². The van der Waals surface area contributed by atoms with Crippen LogP contribution in [0.2, 0.25) is 0 Å². The quantitative estimate of drug-likeness (QED) is 0.711. The van der Waals surface area contributed by atoms with Gasteiger partial charge >= 0.3 is 5.69 Å². The largest absolute Gasteiger partial charge is 0.331 e. The van der Waals surface area contributed by atoms with Crippen LogP contribution in [0.3, 0.4) is 0 Å². The standard InChI is InChI=1S/C19H18BrN3O3/c1-3-22-16-7-5-4-6-13(16)18(25)23(19(22)26)11-17(24)21-15-9-8-12(2)10-14(15)20/h4-10H,3,11H2,1-2H3,(H,21,24). The minimum Gasteiger partial charge on any atom is -0.323 e. The monoisotopic (exact) mass is 415 g/mol. The highest BCUT2D eigenvalue weighted by molar-refractivity contribution is 9.10. The van der Waals surface area contributed by atoms with Crippen LogP contribution in [0.25, 0.3) is 10.9 Å². The lowest BCUT2D eigenvalue weighted by Crippen LogP contribution is -2.42. The molecular weight excluding hydrogens is 398 g/mol. The number of rotatable bonds is 4. The molecule has 1 amide bonds. The second-order valence-electron chi connectivity index (χ2n) is 5.97. The second-order valence-corrected chi connectivity index (χ2v) is 6.82. The summed E-state index contributed by atoms with van der Waals surface area (Å²) in [6.07, 6.45) is 0. The third-order valence-corrected chi connectivity index (χ3v) is 4.80. The highest BCUT2D eigenvalue weighted by atomic mass is 79.9. The van der Waals surface area contributed by atoms with Crippen molar-refractivity contribution in [3.8, 4) is 0 Å². The summed E-state index contributed by atoms with van der Waals surface area (Å²) in [5.74, 6) is -0.438. The number of carbonyl (C=O) groups excluding carboxylic acids is 1. The van der Waals surface area contributed by atoms with Gasteiger partial charge in [-0.15, -0.1) is 0 Å².